The topological polar surface area (TPSA) is 42.9 Å². The molecule has 2 fully saturated rings. The van der Waals surface area contributed by atoms with Crippen LogP contribution in [-0.4, -0.2) is 54.5 Å². The highest BCUT2D eigenvalue weighted by Crippen LogP contribution is 2.20. The van der Waals surface area contributed by atoms with Crippen LogP contribution in [0.4, 0.5) is 0 Å². The summed E-state index contributed by atoms with van der Waals surface area (Å²) in [5.74, 6) is 0.903. The van der Waals surface area contributed by atoms with Crippen molar-refractivity contribution in [2.75, 3.05) is 26.7 Å². The normalized spacial score (nSPS) is 22.1. The Bertz CT molecular complexity index is 849. The Hall–Kier alpha value is -1.64. The Morgan fingerprint density at radius 3 is 2.24 bits per heavy atom. The molecule has 0 aromatic heterocycles. The maximum Gasteiger partial charge on any atom is 0.191 e. The number of halogens is 1. The molecule has 2 atom stereocenters. The average molecular weight is 562 g/mol. The van der Waals surface area contributed by atoms with Crippen LogP contribution in [0.3, 0.4) is 0 Å². The average Bonchev–Trinajstić information content (AvgIpc) is 3.33. The lowest BCUT2D eigenvalue weighted by Crippen LogP contribution is -2.51. The van der Waals surface area contributed by atoms with E-state index < -0.39 is 0 Å². The van der Waals surface area contributed by atoms with Crippen molar-refractivity contribution in [2.24, 2.45) is 4.99 Å². The number of nitrogens with one attached hydrogen (secondary N) is 2. The van der Waals surface area contributed by atoms with Gasteiger partial charge in [-0.1, -0.05) is 54.6 Å². The molecule has 2 aromatic carbocycles. The van der Waals surface area contributed by atoms with Crippen molar-refractivity contribution in [3.05, 3.63) is 71.3 Å². The molecule has 0 amide bonds. The third-order valence-electron chi connectivity index (χ3n) is 6.89. The van der Waals surface area contributed by atoms with Gasteiger partial charge in [-0.2, -0.15) is 0 Å². The molecule has 0 spiro atoms. The first-order chi connectivity index (χ1) is 15.7. The first-order valence-electron chi connectivity index (χ1n) is 12.2. The summed E-state index contributed by atoms with van der Waals surface area (Å²) >= 11 is 0. The number of piperidine rings is 1. The highest BCUT2D eigenvalue weighted by Gasteiger charge is 2.26. The Labute approximate surface area is 217 Å². The van der Waals surface area contributed by atoms with Crippen molar-refractivity contribution in [3.63, 3.8) is 0 Å². The standard InChI is InChI=1S/C27H39N5.HI/c1-22-18-26(14-17-32(22)21-24-8-4-3-5-9-24)30-27(28-2)29-19-23-10-12-25(13-11-23)20-31-15-6-7-16-31;/h3-5,8-13,22,26H,6-7,14-21H2,1-2H3,(H2,28,29,30);1H. The summed E-state index contributed by atoms with van der Waals surface area (Å²) in [5.41, 5.74) is 4.10. The van der Waals surface area contributed by atoms with Gasteiger partial charge in [0.05, 0.1) is 0 Å². The van der Waals surface area contributed by atoms with Gasteiger partial charge in [-0.25, -0.2) is 0 Å². The highest BCUT2D eigenvalue weighted by atomic mass is 127. The molecule has 6 heteroatoms. The number of hydrogen-bond donors (Lipinski definition) is 2. The monoisotopic (exact) mass is 561 g/mol. The Morgan fingerprint density at radius 1 is 0.909 bits per heavy atom. The van der Waals surface area contributed by atoms with E-state index in [4.69, 9.17) is 0 Å². The zero-order chi connectivity index (χ0) is 22.2. The largest absolute Gasteiger partial charge is 0.354 e. The number of benzene rings is 2. The minimum Gasteiger partial charge on any atom is -0.354 e. The second kappa shape index (κ2) is 13.3. The van der Waals surface area contributed by atoms with Crippen LogP contribution in [0, 0.1) is 0 Å². The van der Waals surface area contributed by atoms with E-state index in [0.29, 0.717) is 12.1 Å². The van der Waals surface area contributed by atoms with Gasteiger partial charge in [-0.05, 0) is 62.4 Å². The smallest absolute Gasteiger partial charge is 0.191 e. The molecule has 2 saturated heterocycles. The molecule has 2 aliphatic rings. The molecule has 0 aliphatic carbocycles. The number of likely N-dealkylation sites (tertiary alicyclic amines) is 2. The maximum atomic E-state index is 4.47. The zero-order valence-electron chi connectivity index (χ0n) is 20.2. The quantitative estimate of drug-likeness (QED) is 0.294. The van der Waals surface area contributed by atoms with Gasteiger partial charge < -0.3 is 10.6 Å². The molecular formula is C27H40IN5. The van der Waals surface area contributed by atoms with Crippen LogP contribution in [0.1, 0.15) is 49.3 Å². The van der Waals surface area contributed by atoms with E-state index in [-0.39, 0.29) is 24.0 Å². The Morgan fingerprint density at radius 2 is 1.58 bits per heavy atom. The van der Waals surface area contributed by atoms with Crippen molar-refractivity contribution < 1.29 is 0 Å². The Balaban J connectivity index is 0.00000306. The molecule has 0 saturated carbocycles. The van der Waals surface area contributed by atoms with Crippen LogP contribution in [0.5, 0.6) is 0 Å². The summed E-state index contributed by atoms with van der Waals surface area (Å²) in [6, 6.07) is 20.9. The van der Waals surface area contributed by atoms with Gasteiger partial charge >= 0.3 is 0 Å². The fourth-order valence-electron chi connectivity index (χ4n) is 4.94. The molecular weight excluding hydrogens is 521 g/mol. The third-order valence-corrected chi connectivity index (χ3v) is 6.89. The van der Waals surface area contributed by atoms with Crippen molar-refractivity contribution in [1.29, 1.82) is 0 Å². The van der Waals surface area contributed by atoms with Gasteiger partial charge in [0.2, 0.25) is 0 Å². The van der Waals surface area contributed by atoms with Gasteiger partial charge in [0.15, 0.2) is 5.96 Å². The van der Waals surface area contributed by atoms with Gasteiger partial charge in [-0.15, -0.1) is 24.0 Å². The molecule has 2 unspecified atom stereocenters. The lowest BCUT2D eigenvalue weighted by Gasteiger charge is -2.38. The molecule has 2 heterocycles. The highest BCUT2D eigenvalue weighted by molar-refractivity contribution is 14.0. The molecule has 2 aromatic rings. The van der Waals surface area contributed by atoms with Crippen LogP contribution in [-0.2, 0) is 19.6 Å². The molecule has 180 valence electrons. The van der Waals surface area contributed by atoms with Crippen LogP contribution >= 0.6 is 24.0 Å². The summed E-state index contributed by atoms with van der Waals surface area (Å²) < 4.78 is 0. The lowest BCUT2D eigenvalue weighted by molar-refractivity contribution is 0.134. The van der Waals surface area contributed by atoms with Crippen LogP contribution in [0.2, 0.25) is 0 Å². The number of hydrogen-bond acceptors (Lipinski definition) is 3. The maximum absolute atomic E-state index is 4.47. The second-order valence-electron chi connectivity index (χ2n) is 9.40. The summed E-state index contributed by atoms with van der Waals surface area (Å²) in [4.78, 5) is 9.61. The van der Waals surface area contributed by atoms with Crippen molar-refractivity contribution in [2.45, 2.75) is 64.3 Å². The van der Waals surface area contributed by atoms with Gasteiger partial charge in [0.1, 0.15) is 0 Å². The minimum absolute atomic E-state index is 0. The predicted molar refractivity (Wildman–Crippen MR) is 149 cm³/mol. The minimum atomic E-state index is 0. The number of rotatable bonds is 7. The molecule has 4 rings (SSSR count). The third kappa shape index (κ3) is 7.97. The number of guanidine groups is 1. The molecule has 2 N–H and O–H groups in total. The summed E-state index contributed by atoms with van der Waals surface area (Å²) in [5, 5.41) is 7.16. The van der Waals surface area contributed by atoms with Gasteiger partial charge in [-0.3, -0.25) is 14.8 Å². The summed E-state index contributed by atoms with van der Waals surface area (Å²) in [6.07, 6.45) is 4.97. The van der Waals surface area contributed by atoms with Gasteiger partial charge in [0, 0.05) is 45.3 Å². The second-order valence-corrected chi connectivity index (χ2v) is 9.40. The van der Waals surface area contributed by atoms with E-state index >= 15 is 0 Å². The molecule has 0 bridgehead atoms. The number of nitrogens with zero attached hydrogens (tertiary/aromatic N) is 3. The molecule has 2 aliphatic heterocycles. The van der Waals surface area contributed by atoms with Crippen molar-refractivity contribution in [3.8, 4) is 0 Å². The Kier molecular flexibility index (Phi) is 10.5. The summed E-state index contributed by atoms with van der Waals surface area (Å²) in [6.45, 7) is 8.86. The first-order valence-corrected chi connectivity index (χ1v) is 12.2. The van der Waals surface area contributed by atoms with Crippen molar-refractivity contribution in [1.82, 2.24) is 20.4 Å². The fraction of sp³-hybridized carbons (Fsp3) is 0.519. The first kappa shape index (κ1) is 26.0. The number of aliphatic imine (C=N–C) groups is 1. The fourth-order valence-corrected chi connectivity index (χ4v) is 4.94. The molecule has 5 nitrogen and oxygen atoms in total. The van der Waals surface area contributed by atoms with E-state index in [1.165, 1.54) is 42.6 Å². The van der Waals surface area contributed by atoms with Crippen LogP contribution in [0.25, 0.3) is 0 Å². The predicted octanol–water partition coefficient (Wildman–Crippen LogP) is 4.62. The summed E-state index contributed by atoms with van der Waals surface area (Å²) in [7, 11) is 1.86. The van der Waals surface area contributed by atoms with E-state index in [1.807, 2.05) is 7.05 Å². The van der Waals surface area contributed by atoms with Crippen LogP contribution in [0.15, 0.2) is 59.6 Å². The van der Waals surface area contributed by atoms with E-state index in [9.17, 15) is 0 Å². The van der Waals surface area contributed by atoms with E-state index in [1.54, 1.807) is 0 Å². The van der Waals surface area contributed by atoms with Gasteiger partial charge in [0.25, 0.3) is 0 Å². The zero-order valence-corrected chi connectivity index (χ0v) is 22.5. The van der Waals surface area contributed by atoms with E-state index in [0.717, 1.165) is 45.0 Å². The van der Waals surface area contributed by atoms with E-state index in [2.05, 4.69) is 86.9 Å². The molecule has 33 heavy (non-hydrogen) atoms. The lowest BCUT2D eigenvalue weighted by atomic mass is 9.97. The SMILES string of the molecule is CN=C(NCc1ccc(CN2CCCC2)cc1)NC1CCN(Cc2ccccc2)C(C)C1.I. The molecule has 0 radical (unpaired) electrons. The van der Waals surface area contributed by atoms with Crippen LogP contribution < -0.4 is 10.6 Å². The van der Waals surface area contributed by atoms with Crippen molar-refractivity contribution >= 4 is 29.9 Å².